The summed E-state index contributed by atoms with van der Waals surface area (Å²) in [6.07, 6.45) is 0. The van der Waals surface area contributed by atoms with Gasteiger partial charge in [0.25, 0.3) is 14.1 Å². The molecule has 0 aliphatic carbocycles. The van der Waals surface area contributed by atoms with Crippen LogP contribution in [0.5, 0.6) is 0 Å². The molecule has 0 saturated carbocycles. The van der Waals surface area contributed by atoms with Gasteiger partial charge in [-0.3, -0.25) is 0 Å². The van der Waals surface area contributed by atoms with Gasteiger partial charge in [-0.25, -0.2) is 0 Å². The van der Waals surface area contributed by atoms with E-state index in [0.29, 0.717) is 12.1 Å². The minimum Gasteiger partial charge on any atom is -0.309 e. The maximum atomic E-state index is 2.70. The zero-order chi connectivity index (χ0) is 11.3. The van der Waals surface area contributed by atoms with E-state index in [1.54, 1.807) is 0 Å². The molecule has 0 aliphatic rings. The van der Waals surface area contributed by atoms with Crippen LogP contribution < -0.4 is 0 Å². The summed E-state index contributed by atoms with van der Waals surface area (Å²) in [5.74, 6) is 0. The molecule has 1 unspecified atom stereocenters. The van der Waals surface area contributed by atoms with Gasteiger partial charge < -0.3 is 4.90 Å². The highest BCUT2D eigenvalue weighted by molar-refractivity contribution is 6.60. The lowest BCUT2D eigenvalue weighted by Gasteiger charge is -2.39. The van der Waals surface area contributed by atoms with Gasteiger partial charge in [-0.05, 0) is 32.6 Å². The molecule has 0 aliphatic heterocycles. The largest absolute Gasteiger partial charge is 0.309 e. The van der Waals surface area contributed by atoms with Gasteiger partial charge in [-0.2, -0.15) is 0 Å². The minimum absolute atomic E-state index is 0.530. The summed E-state index contributed by atoms with van der Waals surface area (Å²) in [6.45, 7) is 16.5. The third kappa shape index (κ3) is 3.93. The lowest BCUT2D eigenvalue weighted by molar-refractivity contribution is 0.160. The molecule has 14 heavy (non-hydrogen) atoms. The van der Waals surface area contributed by atoms with Crippen LogP contribution in [-0.4, -0.2) is 36.0 Å². The van der Waals surface area contributed by atoms with Gasteiger partial charge >= 0.3 is 0 Å². The fourth-order valence-corrected chi connectivity index (χ4v) is 5.87. The Bertz CT molecular complexity index is 133. The first-order chi connectivity index (χ1) is 6.45. The van der Waals surface area contributed by atoms with E-state index in [4.69, 9.17) is 0 Å². The molecular formula is C12H28AlN. The van der Waals surface area contributed by atoms with Crippen molar-refractivity contribution in [2.45, 2.75) is 76.0 Å². The number of hydrogen-bond donors (Lipinski definition) is 0. The molecule has 0 aromatic rings. The van der Waals surface area contributed by atoms with Crippen molar-refractivity contribution < 1.29 is 0 Å². The van der Waals surface area contributed by atoms with Crippen molar-refractivity contribution >= 4 is 14.1 Å². The first-order valence-corrected chi connectivity index (χ1v) is 8.53. The topological polar surface area (TPSA) is 3.24 Å². The van der Waals surface area contributed by atoms with E-state index in [-0.39, 0.29) is 0 Å². The fourth-order valence-electron chi connectivity index (χ4n) is 2.75. The summed E-state index contributed by atoms with van der Waals surface area (Å²) in [5.41, 5.74) is 0. The first kappa shape index (κ1) is 14.5. The van der Waals surface area contributed by atoms with Crippen molar-refractivity contribution in [2.24, 2.45) is 0 Å². The Morgan fingerprint density at radius 1 is 0.857 bits per heavy atom. The Labute approximate surface area is 95.3 Å². The molecule has 0 amide bonds. The fraction of sp³-hybridized carbons (Fsp3) is 1.00. The molecule has 0 radical (unpaired) electrons. The molecule has 0 aromatic heterocycles. The van der Waals surface area contributed by atoms with E-state index in [0.717, 1.165) is 4.90 Å². The Balaban J connectivity index is 4.49. The summed E-state index contributed by atoms with van der Waals surface area (Å²) in [7, 11) is 0. The van der Waals surface area contributed by atoms with Crippen molar-refractivity contribution in [1.82, 2.24) is 4.90 Å². The molecule has 2 heteroatoms. The van der Waals surface area contributed by atoms with Crippen LogP contribution in [0.25, 0.3) is 0 Å². The average Bonchev–Trinajstić information content (AvgIpc) is 2.04. The summed E-state index contributed by atoms with van der Waals surface area (Å²) in [5, 5.41) is 2.88. The molecule has 0 spiro atoms. The van der Waals surface area contributed by atoms with E-state index < -0.39 is 14.1 Å². The van der Waals surface area contributed by atoms with Crippen LogP contribution in [0.15, 0.2) is 0 Å². The maximum absolute atomic E-state index is 2.70. The molecule has 0 N–H and O–H groups in total. The van der Waals surface area contributed by atoms with Gasteiger partial charge in [-0.1, -0.05) is 31.3 Å². The van der Waals surface area contributed by atoms with E-state index >= 15 is 0 Å². The molecule has 0 heterocycles. The molecule has 84 valence electrons. The zero-order valence-electron chi connectivity index (χ0n) is 11.2. The van der Waals surface area contributed by atoms with E-state index in [9.17, 15) is 0 Å². The quantitative estimate of drug-likeness (QED) is 0.610. The first-order valence-electron chi connectivity index (χ1n) is 6.23. The van der Waals surface area contributed by atoms with Crippen molar-refractivity contribution in [3.05, 3.63) is 0 Å². The Kier molecular flexibility index (Phi) is 7.12. The normalized spacial score (nSPS) is 14.1. The summed E-state index contributed by atoms with van der Waals surface area (Å²) >= 11 is -0.530. The lowest BCUT2D eigenvalue weighted by atomic mass is 10.2. The van der Waals surface area contributed by atoms with Crippen LogP contribution in [-0.2, 0) is 0 Å². The molecule has 0 rings (SSSR count). The second-order valence-electron chi connectivity index (χ2n) is 4.95. The van der Waals surface area contributed by atoms with E-state index in [2.05, 4.69) is 53.4 Å². The van der Waals surface area contributed by atoms with Gasteiger partial charge in [0.15, 0.2) is 0 Å². The van der Waals surface area contributed by atoms with Gasteiger partial charge in [0, 0.05) is 12.1 Å². The predicted octanol–water partition coefficient (Wildman–Crippen LogP) is 3.57. The van der Waals surface area contributed by atoms with Crippen LogP contribution in [0.2, 0.25) is 10.6 Å². The third-order valence-corrected chi connectivity index (χ3v) is 7.20. The Morgan fingerprint density at radius 2 is 1.21 bits per heavy atom. The minimum atomic E-state index is -0.530. The van der Waals surface area contributed by atoms with E-state index in [1.165, 1.54) is 10.6 Å². The van der Waals surface area contributed by atoms with Crippen LogP contribution in [0, 0.1) is 0 Å². The van der Waals surface area contributed by atoms with Gasteiger partial charge in [0.1, 0.15) is 0 Å². The molecule has 1 nitrogen and oxygen atoms in total. The summed E-state index contributed by atoms with van der Waals surface area (Å²) in [4.78, 5) is 3.55. The van der Waals surface area contributed by atoms with E-state index in [1.807, 2.05) is 0 Å². The maximum Gasteiger partial charge on any atom is 0.285 e. The van der Waals surface area contributed by atoms with Crippen molar-refractivity contribution in [2.75, 3.05) is 0 Å². The van der Waals surface area contributed by atoms with Gasteiger partial charge in [-0.15, -0.1) is 0 Å². The predicted molar refractivity (Wildman–Crippen MR) is 68.3 cm³/mol. The van der Waals surface area contributed by atoms with Gasteiger partial charge in [0.05, 0.1) is 0 Å². The zero-order valence-corrected chi connectivity index (χ0v) is 12.3. The molecule has 0 aromatic carbocycles. The summed E-state index contributed by atoms with van der Waals surface area (Å²) < 4.78 is 0. The number of hydrogen-bond acceptors (Lipinski definition) is 1. The van der Waals surface area contributed by atoms with Crippen LogP contribution in [0.4, 0.5) is 0 Å². The number of nitrogens with zero attached hydrogens (tertiary/aromatic N) is 1. The Morgan fingerprint density at radius 3 is 1.43 bits per heavy atom. The molecule has 0 saturated heterocycles. The average molecular weight is 213 g/mol. The van der Waals surface area contributed by atoms with Crippen LogP contribution in [0.3, 0.4) is 0 Å². The molecular weight excluding hydrogens is 185 g/mol. The monoisotopic (exact) mass is 213 g/mol. The highest BCUT2D eigenvalue weighted by atomic mass is 27.2. The van der Waals surface area contributed by atoms with Crippen LogP contribution >= 0.6 is 0 Å². The number of rotatable bonds is 6. The van der Waals surface area contributed by atoms with Crippen LogP contribution in [0.1, 0.15) is 48.5 Å². The van der Waals surface area contributed by atoms with Gasteiger partial charge in [0.2, 0.25) is 0 Å². The van der Waals surface area contributed by atoms with Crippen molar-refractivity contribution in [3.8, 4) is 0 Å². The van der Waals surface area contributed by atoms with Crippen molar-refractivity contribution in [3.63, 3.8) is 0 Å². The second kappa shape index (κ2) is 6.88. The highest BCUT2D eigenvalue weighted by Crippen LogP contribution is 2.16. The Hall–Kier alpha value is 0.492. The lowest BCUT2D eigenvalue weighted by Crippen LogP contribution is -2.50. The van der Waals surface area contributed by atoms with Crippen molar-refractivity contribution in [1.29, 1.82) is 0 Å². The molecule has 1 atom stereocenters. The second-order valence-corrected chi connectivity index (χ2v) is 9.07. The third-order valence-electron chi connectivity index (χ3n) is 3.39. The smallest absolute Gasteiger partial charge is 0.285 e. The standard InChI is InChI=1S/C8H18N.2C2H5.Al/c1-6-9(7(2)3)8(4)5;2*1-2;/h6-8H,1-5H3;2*1H2,2H3;. The highest BCUT2D eigenvalue weighted by Gasteiger charge is 2.28. The molecule has 0 fully saturated rings. The molecule has 0 bridgehead atoms. The SMILES string of the molecule is C[CH2][Al]([CH2]C)[CH](C)N(C(C)C)C(C)C. The summed E-state index contributed by atoms with van der Waals surface area (Å²) in [6, 6.07) is 1.39.